The van der Waals surface area contributed by atoms with Crippen LogP contribution >= 0.6 is 0 Å². The molecule has 0 aromatic carbocycles. The van der Waals surface area contributed by atoms with Gasteiger partial charge in [-0.05, 0) is 6.92 Å². The molecule has 2 aromatic heterocycles. The average molecular weight is 190 g/mol. The summed E-state index contributed by atoms with van der Waals surface area (Å²) in [7, 11) is 0. The maximum Gasteiger partial charge on any atom is 0.224 e. The van der Waals surface area contributed by atoms with Crippen LogP contribution < -0.4 is 11.5 Å². The Bertz CT molecular complexity index is 498. The minimum absolute atomic E-state index is 0.154. The summed E-state index contributed by atoms with van der Waals surface area (Å²) < 4.78 is 1.74. The predicted octanol–water partition coefficient (Wildman–Crippen LogP) is 0.481. The number of rotatable bonds is 1. The molecule has 4 N–H and O–H groups in total. The summed E-state index contributed by atoms with van der Waals surface area (Å²) in [6, 6.07) is 0. The molecule has 0 aliphatic heterocycles. The molecule has 0 bridgehead atoms. The van der Waals surface area contributed by atoms with Crippen LogP contribution in [0.4, 0.5) is 11.8 Å². The van der Waals surface area contributed by atoms with Crippen LogP contribution in [-0.2, 0) is 0 Å². The second-order valence-electron chi connectivity index (χ2n) is 2.77. The first-order chi connectivity index (χ1) is 6.72. The highest BCUT2D eigenvalue weighted by molar-refractivity contribution is 5.83. The van der Waals surface area contributed by atoms with E-state index < -0.39 is 0 Å². The second-order valence-corrected chi connectivity index (χ2v) is 2.77. The molecule has 2 aromatic rings. The van der Waals surface area contributed by atoms with Gasteiger partial charge in [0.25, 0.3) is 0 Å². The summed E-state index contributed by atoms with van der Waals surface area (Å²) in [5.41, 5.74) is 12.3. The van der Waals surface area contributed by atoms with E-state index in [1.165, 1.54) is 0 Å². The van der Waals surface area contributed by atoms with Crippen LogP contribution in [-0.4, -0.2) is 19.5 Å². The average Bonchev–Trinajstić information content (AvgIpc) is 2.49. The standard InChI is InChI=1S/C8H10N6/c1-2-3-14-4-11-5-6(9)12-8(10)13-7(5)14/h2-4H,1H3,(H4,9,10,12,13)/b3-2+. The Morgan fingerprint density at radius 2 is 2.14 bits per heavy atom. The van der Waals surface area contributed by atoms with Gasteiger partial charge in [0.05, 0.1) is 0 Å². The van der Waals surface area contributed by atoms with Gasteiger partial charge in [-0.25, -0.2) is 4.98 Å². The summed E-state index contributed by atoms with van der Waals surface area (Å²) in [5.74, 6) is 0.456. The monoisotopic (exact) mass is 190 g/mol. The van der Waals surface area contributed by atoms with Gasteiger partial charge < -0.3 is 11.5 Å². The lowest BCUT2D eigenvalue weighted by Gasteiger charge is -1.98. The van der Waals surface area contributed by atoms with Crippen molar-refractivity contribution in [3.63, 3.8) is 0 Å². The molecule has 0 saturated heterocycles. The Kier molecular flexibility index (Phi) is 1.81. The molecule has 0 radical (unpaired) electrons. The number of nitrogens with zero attached hydrogens (tertiary/aromatic N) is 4. The van der Waals surface area contributed by atoms with Gasteiger partial charge >= 0.3 is 0 Å². The summed E-state index contributed by atoms with van der Waals surface area (Å²) in [6.45, 7) is 1.90. The van der Waals surface area contributed by atoms with Gasteiger partial charge in [0.1, 0.15) is 6.33 Å². The Labute approximate surface area is 80.3 Å². The summed E-state index contributed by atoms with van der Waals surface area (Å²) in [4.78, 5) is 12.0. The van der Waals surface area contributed by atoms with Crippen molar-refractivity contribution in [1.82, 2.24) is 19.5 Å². The molecule has 2 heterocycles. The lowest BCUT2D eigenvalue weighted by atomic mass is 10.5. The smallest absolute Gasteiger partial charge is 0.224 e. The Hall–Kier alpha value is -2.11. The van der Waals surface area contributed by atoms with E-state index in [2.05, 4.69) is 15.0 Å². The van der Waals surface area contributed by atoms with E-state index in [0.29, 0.717) is 17.0 Å². The van der Waals surface area contributed by atoms with Gasteiger partial charge in [0.15, 0.2) is 17.0 Å². The third-order valence-electron chi connectivity index (χ3n) is 1.78. The topological polar surface area (TPSA) is 95.6 Å². The van der Waals surface area contributed by atoms with Crippen molar-refractivity contribution in [2.45, 2.75) is 6.92 Å². The maximum atomic E-state index is 5.64. The van der Waals surface area contributed by atoms with Crippen molar-refractivity contribution in [3.8, 4) is 0 Å². The molecule has 6 heteroatoms. The highest BCUT2D eigenvalue weighted by Crippen LogP contribution is 2.16. The summed E-state index contributed by atoms with van der Waals surface area (Å²) in [5, 5.41) is 0. The number of imidazole rings is 1. The van der Waals surface area contributed by atoms with Gasteiger partial charge in [-0.3, -0.25) is 4.57 Å². The van der Waals surface area contributed by atoms with Crippen LogP contribution in [0, 0.1) is 0 Å². The van der Waals surface area contributed by atoms with Gasteiger partial charge in [-0.1, -0.05) is 6.08 Å². The fraction of sp³-hybridized carbons (Fsp3) is 0.125. The fourth-order valence-corrected chi connectivity index (χ4v) is 1.23. The van der Waals surface area contributed by atoms with Crippen LogP contribution in [0.1, 0.15) is 6.92 Å². The van der Waals surface area contributed by atoms with E-state index in [1.54, 1.807) is 10.9 Å². The quantitative estimate of drug-likeness (QED) is 0.681. The van der Waals surface area contributed by atoms with Gasteiger partial charge in [-0.2, -0.15) is 9.97 Å². The number of nitrogen functional groups attached to an aromatic ring is 2. The minimum atomic E-state index is 0.154. The van der Waals surface area contributed by atoms with E-state index in [9.17, 15) is 0 Å². The van der Waals surface area contributed by atoms with Crippen LogP contribution in [0.2, 0.25) is 0 Å². The predicted molar refractivity (Wildman–Crippen MR) is 55.2 cm³/mol. The number of fused-ring (bicyclic) bond motifs is 1. The first-order valence-electron chi connectivity index (χ1n) is 4.10. The van der Waals surface area contributed by atoms with Crippen LogP contribution in [0.15, 0.2) is 12.4 Å². The van der Waals surface area contributed by atoms with Crippen molar-refractivity contribution in [3.05, 3.63) is 12.4 Å². The second kappa shape index (κ2) is 2.99. The molecule has 0 unspecified atom stereocenters. The van der Waals surface area contributed by atoms with E-state index in [4.69, 9.17) is 11.5 Å². The van der Waals surface area contributed by atoms with Crippen molar-refractivity contribution in [2.24, 2.45) is 0 Å². The Morgan fingerprint density at radius 1 is 1.36 bits per heavy atom. The molecule has 0 saturated carbocycles. The van der Waals surface area contributed by atoms with Gasteiger partial charge in [-0.15, -0.1) is 0 Å². The maximum absolute atomic E-state index is 5.64. The van der Waals surface area contributed by atoms with E-state index in [-0.39, 0.29) is 5.95 Å². The minimum Gasteiger partial charge on any atom is -0.382 e. The normalized spacial score (nSPS) is 11.5. The first kappa shape index (κ1) is 8.49. The largest absolute Gasteiger partial charge is 0.382 e. The van der Waals surface area contributed by atoms with Crippen LogP contribution in [0.3, 0.4) is 0 Å². The first-order valence-corrected chi connectivity index (χ1v) is 4.10. The zero-order valence-electron chi connectivity index (χ0n) is 7.68. The molecule has 0 spiro atoms. The highest BCUT2D eigenvalue weighted by Gasteiger charge is 2.07. The highest BCUT2D eigenvalue weighted by atomic mass is 15.2. The SMILES string of the molecule is C/C=C/n1cnc2c(N)nc(N)nc21. The number of nitrogens with two attached hydrogens (primary N) is 2. The molecule has 0 atom stereocenters. The van der Waals surface area contributed by atoms with E-state index in [1.807, 2.05) is 19.2 Å². The molecular weight excluding hydrogens is 180 g/mol. The van der Waals surface area contributed by atoms with Crippen molar-refractivity contribution >= 4 is 29.1 Å². The number of aromatic nitrogens is 4. The van der Waals surface area contributed by atoms with Crippen molar-refractivity contribution < 1.29 is 0 Å². The zero-order valence-corrected chi connectivity index (χ0v) is 7.68. The lowest BCUT2D eigenvalue weighted by Crippen LogP contribution is -2.01. The summed E-state index contributed by atoms with van der Waals surface area (Å²) in [6.07, 6.45) is 5.31. The van der Waals surface area contributed by atoms with Crippen molar-refractivity contribution in [2.75, 3.05) is 11.5 Å². The molecule has 0 aliphatic carbocycles. The number of allylic oxidation sites excluding steroid dienone is 1. The van der Waals surface area contributed by atoms with Crippen LogP contribution in [0.25, 0.3) is 17.4 Å². The third-order valence-corrected chi connectivity index (χ3v) is 1.78. The molecule has 14 heavy (non-hydrogen) atoms. The van der Waals surface area contributed by atoms with Crippen LogP contribution in [0.5, 0.6) is 0 Å². The molecule has 2 rings (SSSR count). The zero-order chi connectivity index (χ0) is 10.1. The molecule has 0 amide bonds. The van der Waals surface area contributed by atoms with E-state index >= 15 is 0 Å². The summed E-state index contributed by atoms with van der Waals surface area (Å²) >= 11 is 0. The molecule has 72 valence electrons. The molecule has 6 nitrogen and oxygen atoms in total. The van der Waals surface area contributed by atoms with Crippen molar-refractivity contribution in [1.29, 1.82) is 0 Å². The molecule has 0 aliphatic rings. The number of anilines is 2. The fourth-order valence-electron chi connectivity index (χ4n) is 1.23. The number of hydrogen-bond donors (Lipinski definition) is 2. The number of hydrogen-bond acceptors (Lipinski definition) is 5. The molecular formula is C8H10N6. The lowest BCUT2D eigenvalue weighted by molar-refractivity contribution is 1.13. The third kappa shape index (κ3) is 1.17. The Morgan fingerprint density at radius 3 is 2.86 bits per heavy atom. The van der Waals surface area contributed by atoms with E-state index in [0.717, 1.165) is 0 Å². The molecule has 0 fully saturated rings. The van der Waals surface area contributed by atoms with Gasteiger partial charge in [0.2, 0.25) is 5.95 Å². The van der Waals surface area contributed by atoms with Gasteiger partial charge in [0, 0.05) is 6.20 Å². The Balaban J connectivity index is 2.78.